The summed E-state index contributed by atoms with van der Waals surface area (Å²) in [6, 6.07) is 7.86. The first-order valence-electron chi connectivity index (χ1n) is 9.67. The Morgan fingerprint density at radius 3 is 2.37 bits per heavy atom. The van der Waals surface area contributed by atoms with Crippen molar-refractivity contribution in [3.05, 3.63) is 58.8 Å². The number of hydrazone groups is 1. The van der Waals surface area contributed by atoms with Crippen LogP contribution in [0, 0.1) is 23.7 Å². The number of carbonyl (C=O) groups excluding carboxylic acids is 2. The zero-order valence-corrected chi connectivity index (χ0v) is 16.5. The molecular formula is C22H17ClN2O5. The van der Waals surface area contributed by atoms with Crippen molar-refractivity contribution in [2.75, 3.05) is 0 Å². The number of imide groups is 1. The maximum absolute atomic E-state index is 12.8. The largest absolute Gasteiger partial charge is 0.478 e. The summed E-state index contributed by atoms with van der Waals surface area (Å²) in [7, 11) is 0. The highest BCUT2D eigenvalue weighted by Crippen LogP contribution is 2.49. The first-order chi connectivity index (χ1) is 14.4. The van der Waals surface area contributed by atoms with Crippen molar-refractivity contribution in [2.45, 2.75) is 12.8 Å². The lowest BCUT2D eigenvalue weighted by Gasteiger charge is -2.37. The fourth-order valence-electron chi connectivity index (χ4n) is 4.71. The molecule has 1 N–H and O–H groups in total. The summed E-state index contributed by atoms with van der Waals surface area (Å²) in [5.74, 6) is -1.28. The van der Waals surface area contributed by atoms with Gasteiger partial charge in [0.05, 0.1) is 28.6 Å². The predicted molar refractivity (Wildman–Crippen MR) is 108 cm³/mol. The Morgan fingerprint density at radius 1 is 1.10 bits per heavy atom. The van der Waals surface area contributed by atoms with Gasteiger partial charge in [0.2, 0.25) is 0 Å². The summed E-state index contributed by atoms with van der Waals surface area (Å²) in [5, 5.41) is 14.4. The Morgan fingerprint density at radius 2 is 1.77 bits per heavy atom. The van der Waals surface area contributed by atoms with Gasteiger partial charge in [-0.3, -0.25) is 9.59 Å². The van der Waals surface area contributed by atoms with Crippen LogP contribution in [0.1, 0.15) is 29.0 Å². The number of halogens is 1. The van der Waals surface area contributed by atoms with Crippen molar-refractivity contribution in [2.24, 2.45) is 28.8 Å². The van der Waals surface area contributed by atoms with Gasteiger partial charge in [0, 0.05) is 5.56 Å². The van der Waals surface area contributed by atoms with Crippen molar-refractivity contribution in [1.29, 1.82) is 0 Å². The fraction of sp³-hybridized carbons (Fsp3) is 0.273. The summed E-state index contributed by atoms with van der Waals surface area (Å²) in [5.41, 5.74) is 0.512. The number of furan rings is 1. The molecule has 30 heavy (non-hydrogen) atoms. The van der Waals surface area contributed by atoms with E-state index in [0.717, 1.165) is 17.9 Å². The molecule has 8 heteroatoms. The molecule has 0 spiro atoms. The monoisotopic (exact) mass is 424 g/mol. The van der Waals surface area contributed by atoms with Gasteiger partial charge in [-0.05, 0) is 55.0 Å². The molecule has 6 rings (SSSR count). The van der Waals surface area contributed by atoms with Crippen LogP contribution in [0.5, 0.6) is 0 Å². The molecule has 0 radical (unpaired) electrons. The van der Waals surface area contributed by atoms with Gasteiger partial charge in [0.1, 0.15) is 11.5 Å². The molecule has 1 aliphatic heterocycles. The van der Waals surface area contributed by atoms with Crippen molar-refractivity contribution >= 4 is 35.6 Å². The normalized spacial score (nSPS) is 27.3. The van der Waals surface area contributed by atoms with E-state index in [1.807, 2.05) is 0 Å². The molecule has 2 aromatic rings. The van der Waals surface area contributed by atoms with E-state index in [0.29, 0.717) is 17.1 Å². The molecular weight excluding hydrogens is 408 g/mol. The molecule has 1 saturated heterocycles. The number of benzene rings is 1. The van der Waals surface area contributed by atoms with Crippen molar-refractivity contribution < 1.29 is 23.9 Å². The zero-order valence-electron chi connectivity index (χ0n) is 15.7. The Labute approximate surface area is 176 Å². The van der Waals surface area contributed by atoms with E-state index in [9.17, 15) is 19.5 Å². The molecule has 3 aliphatic carbocycles. The molecule has 7 nitrogen and oxygen atoms in total. The SMILES string of the molecule is O=C(O)c1cc(-c2ccc(/C=N\N3C(=O)[C@H]4[C@H](C3=O)[C@@H]3C=C[C@@H]4CC3)o2)ccc1Cl. The minimum atomic E-state index is -1.13. The summed E-state index contributed by atoms with van der Waals surface area (Å²) in [4.78, 5) is 36.8. The van der Waals surface area contributed by atoms with E-state index in [2.05, 4.69) is 17.3 Å². The van der Waals surface area contributed by atoms with Crippen molar-refractivity contribution in [3.8, 4) is 11.3 Å². The number of amides is 2. The molecule has 152 valence electrons. The molecule has 1 aromatic carbocycles. The average Bonchev–Trinajstić information content (AvgIpc) is 3.32. The van der Waals surface area contributed by atoms with Crippen LogP contribution >= 0.6 is 11.6 Å². The second-order valence-corrected chi connectivity index (χ2v) is 8.18. The predicted octanol–water partition coefficient (Wildman–Crippen LogP) is 3.83. The lowest BCUT2D eigenvalue weighted by Crippen LogP contribution is -2.38. The van der Waals surface area contributed by atoms with E-state index >= 15 is 0 Å². The van der Waals surface area contributed by atoms with Gasteiger partial charge in [-0.25, -0.2) is 4.79 Å². The summed E-state index contributed by atoms with van der Waals surface area (Å²) >= 11 is 5.90. The highest BCUT2D eigenvalue weighted by Gasteiger charge is 2.56. The molecule has 0 unspecified atom stereocenters. The van der Waals surface area contributed by atoms with E-state index in [1.165, 1.54) is 18.3 Å². The molecule has 2 heterocycles. The maximum Gasteiger partial charge on any atom is 0.337 e. The van der Waals surface area contributed by atoms with Crippen LogP contribution in [0.4, 0.5) is 0 Å². The third kappa shape index (κ3) is 2.89. The number of hydrogen-bond acceptors (Lipinski definition) is 5. The fourth-order valence-corrected chi connectivity index (χ4v) is 4.91. The maximum atomic E-state index is 12.8. The van der Waals surface area contributed by atoms with Crippen LogP contribution in [0.2, 0.25) is 5.02 Å². The third-order valence-corrected chi connectivity index (χ3v) is 6.47. The van der Waals surface area contributed by atoms with E-state index < -0.39 is 5.97 Å². The van der Waals surface area contributed by atoms with Crippen LogP contribution in [0.3, 0.4) is 0 Å². The number of carboxylic acids is 1. The lowest BCUT2D eigenvalue weighted by molar-refractivity contribution is -0.140. The standard InChI is InChI=1S/C22H17ClN2O5/c23-16-7-5-13(9-15(16)22(28)29)17-8-6-14(30-17)10-24-25-20(26)18-11-1-2-12(4-3-11)19(18)21(25)27/h1-2,5-12,18-19H,3-4H2,(H,28,29)/b24-10-/t11-,12-,18-,19-/m1/s1. The average molecular weight is 425 g/mol. The smallest absolute Gasteiger partial charge is 0.337 e. The van der Waals surface area contributed by atoms with Crippen molar-refractivity contribution in [3.63, 3.8) is 0 Å². The molecule has 4 atom stereocenters. The molecule has 2 fully saturated rings. The molecule has 4 aliphatic rings. The first kappa shape index (κ1) is 18.8. The second-order valence-electron chi connectivity index (χ2n) is 7.78. The number of nitrogens with zero attached hydrogens (tertiary/aromatic N) is 2. The number of hydrogen-bond donors (Lipinski definition) is 1. The van der Waals surface area contributed by atoms with Gasteiger partial charge in [-0.2, -0.15) is 10.1 Å². The van der Waals surface area contributed by atoms with Gasteiger partial charge in [0.25, 0.3) is 11.8 Å². The molecule has 1 aromatic heterocycles. The van der Waals surface area contributed by atoms with Gasteiger partial charge < -0.3 is 9.52 Å². The first-order valence-corrected chi connectivity index (χ1v) is 10.0. The minimum Gasteiger partial charge on any atom is -0.478 e. The van der Waals surface area contributed by atoms with Gasteiger partial charge in [-0.1, -0.05) is 23.8 Å². The second kappa shape index (κ2) is 6.95. The number of carboxylic acid groups (broad SMARTS) is 1. The molecule has 2 amide bonds. The zero-order chi connectivity index (χ0) is 21.0. The Balaban J connectivity index is 1.37. The van der Waals surface area contributed by atoms with Gasteiger partial charge in [0.15, 0.2) is 0 Å². The quantitative estimate of drug-likeness (QED) is 0.456. The number of fused-ring (bicyclic) bond motifs is 1. The van der Waals surface area contributed by atoms with Crippen LogP contribution in [-0.2, 0) is 9.59 Å². The number of carbonyl (C=O) groups is 3. The lowest BCUT2D eigenvalue weighted by atomic mass is 9.63. The van der Waals surface area contributed by atoms with E-state index in [-0.39, 0.29) is 46.1 Å². The third-order valence-electron chi connectivity index (χ3n) is 6.14. The Kier molecular flexibility index (Phi) is 4.36. The molecule has 1 saturated carbocycles. The van der Waals surface area contributed by atoms with E-state index in [4.69, 9.17) is 16.0 Å². The highest BCUT2D eigenvalue weighted by atomic mass is 35.5. The van der Waals surface area contributed by atoms with Crippen molar-refractivity contribution in [1.82, 2.24) is 5.01 Å². The Bertz CT molecular complexity index is 1100. The van der Waals surface area contributed by atoms with Crippen LogP contribution < -0.4 is 0 Å². The van der Waals surface area contributed by atoms with Gasteiger partial charge >= 0.3 is 5.97 Å². The van der Waals surface area contributed by atoms with E-state index in [1.54, 1.807) is 18.2 Å². The highest BCUT2D eigenvalue weighted by molar-refractivity contribution is 6.33. The van der Waals surface area contributed by atoms with Crippen LogP contribution in [-0.4, -0.2) is 34.1 Å². The molecule has 2 bridgehead atoms. The topological polar surface area (TPSA) is 100 Å². The van der Waals surface area contributed by atoms with Crippen LogP contribution in [0.25, 0.3) is 11.3 Å². The van der Waals surface area contributed by atoms with Crippen LogP contribution in [0.15, 0.2) is 52.0 Å². The number of allylic oxidation sites excluding steroid dienone is 2. The van der Waals surface area contributed by atoms with Gasteiger partial charge in [-0.15, -0.1) is 0 Å². The summed E-state index contributed by atoms with van der Waals surface area (Å²) in [6.07, 6.45) is 7.31. The minimum absolute atomic E-state index is 0.0279. The Hall–Kier alpha value is -3.19. The number of aromatic carboxylic acids is 1. The summed E-state index contributed by atoms with van der Waals surface area (Å²) in [6.45, 7) is 0. The number of rotatable bonds is 4. The summed E-state index contributed by atoms with van der Waals surface area (Å²) < 4.78 is 5.70.